The van der Waals surface area contributed by atoms with E-state index in [1.807, 2.05) is 33.8 Å². The first-order chi connectivity index (χ1) is 11.2. The van der Waals surface area contributed by atoms with Gasteiger partial charge in [0.15, 0.2) is 0 Å². The molecule has 2 N–H and O–H groups in total. The van der Waals surface area contributed by atoms with Gasteiger partial charge in [-0.1, -0.05) is 17.7 Å². The first-order valence-electron chi connectivity index (χ1n) is 8.36. The molecule has 0 radical (unpaired) electrons. The second-order valence-electron chi connectivity index (χ2n) is 7.49. The van der Waals surface area contributed by atoms with Crippen LogP contribution in [0.1, 0.15) is 44.5 Å². The molecule has 138 valence electrons. The molecule has 1 aromatic carbocycles. The lowest BCUT2D eigenvalue weighted by Crippen LogP contribution is -2.41. The summed E-state index contributed by atoms with van der Waals surface area (Å²) in [5, 5.41) is 6.64. The summed E-state index contributed by atoms with van der Waals surface area (Å²) in [5.74, 6) is -0.144. The Morgan fingerprint density at radius 2 is 1.92 bits per heavy atom. The van der Waals surface area contributed by atoms with Crippen LogP contribution in [0.25, 0.3) is 0 Å². The fraction of sp³-hybridized carbons (Fsp3) is 0.588. The maximum absolute atomic E-state index is 12.4. The zero-order valence-corrected chi connectivity index (χ0v) is 16.6. The molecular formula is C17H25BCl2N2O3. The van der Waals surface area contributed by atoms with Gasteiger partial charge >= 0.3 is 7.12 Å². The predicted octanol–water partition coefficient (Wildman–Crippen LogP) is 2.15. The lowest BCUT2D eigenvalue weighted by atomic mass is 9.79. The van der Waals surface area contributed by atoms with E-state index in [9.17, 15) is 4.79 Å². The summed E-state index contributed by atoms with van der Waals surface area (Å²) >= 11 is 6.34. The second-order valence-corrected chi connectivity index (χ2v) is 7.90. The summed E-state index contributed by atoms with van der Waals surface area (Å²) < 4.78 is 12.0. The number of rotatable bonds is 3. The van der Waals surface area contributed by atoms with Gasteiger partial charge in [-0.05, 0) is 58.3 Å². The summed E-state index contributed by atoms with van der Waals surface area (Å²) in [5.41, 5.74) is 0.479. The van der Waals surface area contributed by atoms with Crippen LogP contribution in [0.2, 0.25) is 5.02 Å². The summed E-state index contributed by atoms with van der Waals surface area (Å²) in [4.78, 5) is 12.4. The van der Waals surface area contributed by atoms with Crippen LogP contribution >= 0.6 is 24.0 Å². The standard InChI is InChI=1S/C17H24BClN2O3.ClH/c1-16(2)17(3,4)24-18(23-16)11-5-6-13(14(19)9-11)15(22)21-12-7-8-20-10-12;/h5-6,9,12,20H,7-8,10H2,1-4H3,(H,21,22);1H/t12-;/m0./s1. The van der Waals surface area contributed by atoms with Crippen molar-refractivity contribution in [3.63, 3.8) is 0 Å². The van der Waals surface area contributed by atoms with Crippen LogP contribution in [0, 0.1) is 0 Å². The first kappa shape index (κ1) is 20.5. The number of benzene rings is 1. The third kappa shape index (κ3) is 4.14. The van der Waals surface area contributed by atoms with Gasteiger partial charge in [0, 0.05) is 12.6 Å². The topological polar surface area (TPSA) is 59.6 Å². The molecule has 2 aliphatic rings. The van der Waals surface area contributed by atoms with Gasteiger partial charge in [0.05, 0.1) is 21.8 Å². The van der Waals surface area contributed by atoms with Gasteiger partial charge in [0.1, 0.15) is 0 Å². The van der Waals surface area contributed by atoms with Crippen LogP contribution in [-0.4, -0.2) is 43.4 Å². The van der Waals surface area contributed by atoms with E-state index >= 15 is 0 Å². The number of carbonyl (C=O) groups excluding carboxylic acids is 1. The van der Waals surface area contributed by atoms with Crippen LogP contribution in [0.15, 0.2) is 18.2 Å². The van der Waals surface area contributed by atoms with Crippen LogP contribution in [0.4, 0.5) is 0 Å². The minimum Gasteiger partial charge on any atom is -0.399 e. The quantitative estimate of drug-likeness (QED) is 0.781. The van der Waals surface area contributed by atoms with Crippen LogP contribution < -0.4 is 16.1 Å². The number of hydrogen-bond donors (Lipinski definition) is 2. The van der Waals surface area contributed by atoms with E-state index in [2.05, 4.69) is 10.6 Å². The summed E-state index contributed by atoms with van der Waals surface area (Å²) in [6, 6.07) is 5.50. The second kappa shape index (κ2) is 7.45. The first-order valence-corrected chi connectivity index (χ1v) is 8.74. The molecule has 0 spiro atoms. The molecule has 2 fully saturated rings. The molecule has 0 unspecified atom stereocenters. The molecule has 0 aromatic heterocycles. The van der Waals surface area contributed by atoms with Gasteiger partial charge in [0.2, 0.25) is 0 Å². The molecule has 5 nitrogen and oxygen atoms in total. The van der Waals surface area contributed by atoms with E-state index < -0.39 is 18.3 Å². The van der Waals surface area contributed by atoms with E-state index in [1.54, 1.807) is 12.1 Å². The Kier molecular flexibility index (Phi) is 6.12. The molecule has 8 heteroatoms. The number of amides is 1. The van der Waals surface area contributed by atoms with Crippen molar-refractivity contribution in [2.75, 3.05) is 13.1 Å². The molecule has 0 saturated carbocycles. The SMILES string of the molecule is CC1(C)OB(c2ccc(C(=O)N[C@H]3CCNC3)c(Cl)c2)OC1(C)C.Cl. The van der Waals surface area contributed by atoms with Crippen molar-refractivity contribution in [2.24, 2.45) is 0 Å². The van der Waals surface area contributed by atoms with E-state index in [4.69, 9.17) is 20.9 Å². The Balaban J connectivity index is 0.00000225. The third-order valence-corrected chi connectivity index (χ3v) is 5.47. The average Bonchev–Trinajstić information content (AvgIpc) is 3.05. The van der Waals surface area contributed by atoms with Gasteiger partial charge < -0.3 is 19.9 Å². The van der Waals surface area contributed by atoms with Crippen molar-refractivity contribution in [3.05, 3.63) is 28.8 Å². The predicted molar refractivity (Wildman–Crippen MR) is 103 cm³/mol. The van der Waals surface area contributed by atoms with Crippen molar-refractivity contribution in [2.45, 2.75) is 51.4 Å². The highest BCUT2D eigenvalue weighted by molar-refractivity contribution is 6.62. The zero-order valence-electron chi connectivity index (χ0n) is 15.0. The summed E-state index contributed by atoms with van der Waals surface area (Å²) in [6.07, 6.45) is 0.940. The summed E-state index contributed by atoms with van der Waals surface area (Å²) in [6.45, 7) is 9.76. The normalized spacial score (nSPS) is 24.0. The minimum absolute atomic E-state index is 0. The molecule has 1 aromatic rings. The lowest BCUT2D eigenvalue weighted by Gasteiger charge is -2.32. The number of nitrogens with one attached hydrogen (secondary N) is 2. The Labute approximate surface area is 160 Å². The van der Waals surface area contributed by atoms with Crippen molar-refractivity contribution in [1.29, 1.82) is 0 Å². The molecule has 2 aliphatic heterocycles. The van der Waals surface area contributed by atoms with E-state index in [-0.39, 0.29) is 24.4 Å². The molecule has 0 bridgehead atoms. The van der Waals surface area contributed by atoms with Crippen LogP contribution in [-0.2, 0) is 9.31 Å². The monoisotopic (exact) mass is 386 g/mol. The fourth-order valence-corrected chi connectivity index (χ4v) is 3.16. The lowest BCUT2D eigenvalue weighted by molar-refractivity contribution is 0.00578. The van der Waals surface area contributed by atoms with E-state index in [1.165, 1.54) is 0 Å². The van der Waals surface area contributed by atoms with Crippen LogP contribution in [0.5, 0.6) is 0 Å². The number of hydrogen-bond acceptors (Lipinski definition) is 4. The Morgan fingerprint density at radius 1 is 1.28 bits per heavy atom. The molecule has 3 rings (SSSR count). The van der Waals surface area contributed by atoms with Crippen molar-refractivity contribution >= 4 is 42.5 Å². The van der Waals surface area contributed by atoms with Crippen molar-refractivity contribution < 1.29 is 14.1 Å². The van der Waals surface area contributed by atoms with E-state index in [0.29, 0.717) is 10.6 Å². The van der Waals surface area contributed by atoms with Gasteiger partial charge in [-0.3, -0.25) is 4.79 Å². The minimum atomic E-state index is -0.483. The Bertz CT molecular complexity index is 633. The molecule has 2 heterocycles. The maximum Gasteiger partial charge on any atom is 0.494 e. The molecule has 1 atom stereocenters. The summed E-state index contributed by atoms with van der Waals surface area (Å²) in [7, 11) is -0.483. The van der Waals surface area contributed by atoms with Gasteiger partial charge in [-0.2, -0.15) is 0 Å². The molecular weight excluding hydrogens is 362 g/mol. The Hall–Kier alpha value is -0.785. The molecule has 1 amide bonds. The number of carbonyl (C=O) groups is 1. The fourth-order valence-electron chi connectivity index (χ4n) is 2.88. The Morgan fingerprint density at radius 3 is 2.44 bits per heavy atom. The largest absolute Gasteiger partial charge is 0.494 e. The van der Waals surface area contributed by atoms with Crippen molar-refractivity contribution in [1.82, 2.24) is 10.6 Å². The molecule has 0 aliphatic carbocycles. The molecule has 25 heavy (non-hydrogen) atoms. The molecule has 2 saturated heterocycles. The van der Waals surface area contributed by atoms with Crippen molar-refractivity contribution in [3.8, 4) is 0 Å². The third-order valence-electron chi connectivity index (χ3n) is 5.16. The van der Waals surface area contributed by atoms with Gasteiger partial charge in [0.25, 0.3) is 5.91 Å². The smallest absolute Gasteiger partial charge is 0.399 e. The van der Waals surface area contributed by atoms with Gasteiger partial charge in [-0.15, -0.1) is 12.4 Å². The number of halogens is 2. The average molecular weight is 387 g/mol. The highest BCUT2D eigenvalue weighted by Gasteiger charge is 2.51. The zero-order chi connectivity index (χ0) is 17.5. The van der Waals surface area contributed by atoms with E-state index in [0.717, 1.165) is 25.0 Å². The highest BCUT2D eigenvalue weighted by Crippen LogP contribution is 2.36. The van der Waals surface area contributed by atoms with Crippen LogP contribution in [0.3, 0.4) is 0 Å². The highest BCUT2D eigenvalue weighted by atomic mass is 35.5. The maximum atomic E-state index is 12.4. The van der Waals surface area contributed by atoms with Gasteiger partial charge in [-0.25, -0.2) is 0 Å².